The summed E-state index contributed by atoms with van der Waals surface area (Å²) in [6, 6.07) is 1.70. The summed E-state index contributed by atoms with van der Waals surface area (Å²) in [7, 11) is 0. The number of nitrogens with zero attached hydrogens (tertiary/aromatic N) is 2. The van der Waals surface area contributed by atoms with Gasteiger partial charge in [-0.15, -0.1) is 0 Å². The van der Waals surface area contributed by atoms with Crippen LogP contribution in [0.4, 0.5) is 0 Å². The summed E-state index contributed by atoms with van der Waals surface area (Å²) in [5.41, 5.74) is 1.13. The Morgan fingerprint density at radius 2 is 1.75 bits per heavy atom. The van der Waals surface area contributed by atoms with Crippen LogP contribution in [0.3, 0.4) is 0 Å². The molecule has 0 amide bonds. The quantitative estimate of drug-likeness (QED) is 0.580. The molecule has 1 heterocycles. The summed E-state index contributed by atoms with van der Waals surface area (Å²) in [4.78, 5) is 19.5. The van der Waals surface area contributed by atoms with Gasteiger partial charge in [0.25, 0.3) is 0 Å². The molecule has 0 radical (unpaired) electrons. The number of aromatic nitrogens is 2. The van der Waals surface area contributed by atoms with Crippen molar-refractivity contribution in [2.75, 3.05) is 0 Å². The van der Waals surface area contributed by atoms with E-state index in [0.717, 1.165) is 5.57 Å². The first-order chi connectivity index (χ1) is 7.61. The van der Waals surface area contributed by atoms with Gasteiger partial charge in [-0.3, -0.25) is 4.79 Å². The van der Waals surface area contributed by atoms with Gasteiger partial charge in [0.2, 0.25) is 5.78 Å². The highest BCUT2D eigenvalue weighted by atomic mass is 16.1. The van der Waals surface area contributed by atoms with E-state index in [4.69, 9.17) is 0 Å². The number of ketones is 1. The highest BCUT2D eigenvalue weighted by Gasteiger charge is 2.14. The summed E-state index contributed by atoms with van der Waals surface area (Å²) in [5.74, 6) is 0.103. The molecule has 88 valence electrons. The predicted octanol–water partition coefficient (Wildman–Crippen LogP) is 3.29. The van der Waals surface area contributed by atoms with E-state index in [1.165, 1.54) is 0 Å². The van der Waals surface area contributed by atoms with Crippen molar-refractivity contribution in [2.45, 2.75) is 34.6 Å². The lowest BCUT2D eigenvalue weighted by atomic mass is 10.0. The van der Waals surface area contributed by atoms with Crippen molar-refractivity contribution < 1.29 is 4.79 Å². The number of rotatable bonds is 3. The van der Waals surface area contributed by atoms with E-state index in [1.54, 1.807) is 18.5 Å². The zero-order valence-corrected chi connectivity index (χ0v) is 10.7. The Kier molecular flexibility index (Phi) is 7.01. The molecule has 0 aliphatic rings. The van der Waals surface area contributed by atoms with Gasteiger partial charge in [0, 0.05) is 18.3 Å². The van der Waals surface area contributed by atoms with Gasteiger partial charge in [0.05, 0.1) is 0 Å². The third kappa shape index (κ3) is 4.82. The summed E-state index contributed by atoms with van der Waals surface area (Å²) in [6.45, 7) is 9.79. The van der Waals surface area contributed by atoms with Crippen molar-refractivity contribution in [1.29, 1.82) is 0 Å². The van der Waals surface area contributed by atoms with Gasteiger partial charge in [-0.1, -0.05) is 32.4 Å². The van der Waals surface area contributed by atoms with Crippen molar-refractivity contribution in [3.05, 3.63) is 35.9 Å². The molecule has 0 bridgehead atoms. The molecule has 3 heteroatoms. The SMILES string of the molecule is CC.CC(C)=C[C@H](C)C(=O)c1ncccn1. The predicted molar refractivity (Wildman–Crippen MR) is 66.3 cm³/mol. The molecule has 1 atom stereocenters. The van der Waals surface area contributed by atoms with Crippen LogP contribution in [0.25, 0.3) is 0 Å². The molecule has 0 saturated carbocycles. The second kappa shape index (κ2) is 7.74. The Bertz CT molecular complexity index is 340. The molecule has 0 saturated heterocycles. The van der Waals surface area contributed by atoms with Gasteiger partial charge in [0.1, 0.15) is 0 Å². The smallest absolute Gasteiger partial charge is 0.206 e. The number of allylic oxidation sites excluding steroid dienone is 2. The van der Waals surface area contributed by atoms with Crippen molar-refractivity contribution in [1.82, 2.24) is 9.97 Å². The molecule has 0 aromatic carbocycles. The molecule has 0 fully saturated rings. The average Bonchev–Trinajstić information content (AvgIpc) is 2.31. The highest BCUT2D eigenvalue weighted by molar-refractivity contribution is 5.95. The number of carbonyl (C=O) groups is 1. The maximum atomic E-state index is 11.7. The van der Waals surface area contributed by atoms with E-state index < -0.39 is 0 Å². The van der Waals surface area contributed by atoms with Crippen LogP contribution in [0.1, 0.15) is 45.2 Å². The lowest BCUT2D eigenvalue weighted by molar-refractivity contribution is 0.0942. The number of hydrogen-bond acceptors (Lipinski definition) is 3. The summed E-state index contributed by atoms with van der Waals surface area (Å²) in [6.07, 6.45) is 5.07. The van der Waals surface area contributed by atoms with Crippen LogP contribution in [0.5, 0.6) is 0 Å². The Morgan fingerprint density at radius 3 is 2.19 bits per heavy atom. The lowest BCUT2D eigenvalue weighted by Gasteiger charge is -2.03. The fourth-order valence-corrected chi connectivity index (χ4v) is 1.21. The van der Waals surface area contributed by atoms with Gasteiger partial charge >= 0.3 is 0 Å². The van der Waals surface area contributed by atoms with E-state index in [-0.39, 0.29) is 17.5 Å². The minimum atomic E-state index is -0.151. The Morgan fingerprint density at radius 1 is 1.25 bits per heavy atom. The second-order valence-electron chi connectivity index (χ2n) is 3.47. The molecule has 3 nitrogen and oxygen atoms in total. The zero-order valence-electron chi connectivity index (χ0n) is 10.7. The first-order valence-electron chi connectivity index (χ1n) is 5.57. The van der Waals surface area contributed by atoms with Gasteiger partial charge in [-0.25, -0.2) is 9.97 Å². The lowest BCUT2D eigenvalue weighted by Crippen LogP contribution is -2.12. The third-order valence-corrected chi connectivity index (χ3v) is 1.78. The van der Waals surface area contributed by atoms with Crippen LogP contribution in [-0.2, 0) is 0 Å². The van der Waals surface area contributed by atoms with Crippen LogP contribution in [0, 0.1) is 5.92 Å². The molecule has 1 rings (SSSR count). The van der Waals surface area contributed by atoms with E-state index in [2.05, 4.69) is 9.97 Å². The number of hydrogen-bond donors (Lipinski definition) is 0. The van der Waals surface area contributed by atoms with Crippen LogP contribution >= 0.6 is 0 Å². The molecule has 1 aromatic rings. The summed E-state index contributed by atoms with van der Waals surface area (Å²) >= 11 is 0. The van der Waals surface area contributed by atoms with E-state index in [0.29, 0.717) is 0 Å². The Labute approximate surface area is 97.6 Å². The number of Topliss-reactive ketones (excluding diaryl/α,β-unsaturated/α-hetero) is 1. The minimum Gasteiger partial charge on any atom is -0.290 e. The summed E-state index contributed by atoms with van der Waals surface area (Å²) in [5, 5.41) is 0. The first-order valence-corrected chi connectivity index (χ1v) is 5.57. The normalized spacial score (nSPS) is 10.8. The molecular weight excluding hydrogens is 200 g/mol. The fraction of sp³-hybridized carbons (Fsp3) is 0.462. The molecule has 0 N–H and O–H groups in total. The average molecular weight is 220 g/mol. The van der Waals surface area contributed by atoms with E-state index in [9.17, 15) is 4.79 Å². The molecule has 0 aliphatic carbocycles. The monoisotopic (exact) mass is 220 g/mol. The van der Waals surface area contributed by atoms with Crippen LogP contribution in [0.2, 0.25) is 0 Å². The topological polar surface area (TPSA) is 42.9 Å². The second-order valence-corrected chi connectivity index (χ2v) is 3.47. The molecular formula is C13H20N2O. The van der Waals surface area contributed by atoms with Crippen LogP contribution in [0.15, 0.2) is 30.1 Å². The van der Waals surface area contributed by atoms with E-state index >= 15 is 0 Å². The third-order valence-electron chi connectivity index (χ3n) is 1.78. The van der Waals surface area contributed by atoms with Crippen molar-refractivity contribution in [3.63, 3.8) is 0 Å². The van der Waals surface area contributed by atoms with Crippen LogP contribution in [-0.4, -0.2) is 15.8 Å². The molecule has 1 aromatic heterocycles. The Hall–Kier alpha value is -1.51. The molecule has 0 unspecified atom stereocenters. The largest absolute Gasteiger partial charge is 0.290 e. The van der Waals surface area contributed by atoms with Gasteiger partial charge < -0.3 is 0 Å². The fourth-order valence-electron chi connectivity index (χ4n) is 1.21. The van der Waals surface area contributed by atoms with Crippen molar-refractivity contribution in [3.8, 4) is 0 Å². The maximum Gasteiger partial charge on any atom is 0.206 e. The maximum absolute atomic E-state index is 11.7. The molecule has 0 spiro atoms. The van der Waals surface area contributed by atoms with Crippen LogP contribution < -0.4 is 0 Å². The standard InChI is InChI=1S/C11H14N2O.C2H6/c1-8(2)7-9(3)10(14)11-12-5-4-6-13-11;1-2/h4-7,9H,1-3H3;1-2H3/t9-;/m0./s1. The highest BCUT2D eigenvalue weighted by Crippen LogP contribution is 2.07. The van der Waals surface area contributed by atoms with Crippen molar-refractivity contribution in [2.24, 2.45) is 5.92 Å². The van der Waals surface area contributed by atoms with Gasteiger partial charge in [0.15, 0.2) is 5.82 Å². The summed E-state index contributed by atoms with van der Waals surface area (Å²) < 4.78 is 0. The molecule has 0 aliphatic heterocycles. The van der Waals surface area contributed by atoms with E-state index in [1.807, 2.05) is 40.7 Å². The zero-order chi connectivity index (χ0) is 12.6. The first kappa shape index (κ1) is 14.5. The van der Waals surface area contributed by atoms with Gasteiger partial charge in [-0.2, -0.15) is 0 Å². The number of carbonyl (C=O) groups excluding carboxylic acids is 1. The molecule has 16 heavy (non-hydrogen) atoms. The Balaban J connectivity index is 0.00000106. The minimum absolute atomic E-state index is 0.0354. The van der Waals surface area contributed by atoms with Crippen molar-refractivity contribution >= 4 is 5.78 Å². The van der Waals surface area contributed by atoms with Gasteiger partial charge in [-0.05, 0) is 19.9 Å².